The fraction of sp³-hybridized carbons (Fsp3) is 0.250. The molecule has 1 aliphatic carbocycles. The lowest BCUT2D eigenvalue weighted by atomic mass is 10.1. The van der Waals surface area contributed by atoms with Crippen LogP contribution in [0.2, 0.25) is 0 Å². The highest BCUT2D eigenvalue weighted by atomic mass is 16.7. The van der Waals surface area contributed by atoms with Crippen LogP contribution >= 0.6 is 0 Å². The maximum atomic E-state index is 5.42. The topological polar surface area (TPSA) is 27.7 Å². The quantitative estimate of drug-likeness (QED) is 0.516. The molecule has 11 heavy (non-hydrogen) atoms. The average Bonchev–Trinajstić information content (AvgIpc) is 2.55. The summed E-state index contributed by atoms with van der Waals surface area (Å²) in [5.41, 5.74) is -0.486. The Kier molecular flexibility index (Phi) is 0.744. The predicted molar refractivity (Wildman–Crippen MR) is 36.2 cm³/mol. The lowest BCUT2D eigenvalue weighted by Crippen LogP contribution is -2.24. The van der Waals surface area contributed by atoms with Gasteiger partial charge in [0.15, 0.2) is 6.79 Å². The largest absolute Gasteiger partial charge is 0.468 e. The lowest BCUT2D eigenvalue weighted by Gasteiger charge is -2.14. The van der Waals surface area contributed by atoms with Gasteiger partial charge >= 0.3 is 0 Å². The monoisotopic (exact) mass is 150 g/mol. The second kappa shape index (κ2) is 1.51. The Morgan fingerprint density at radius 1 is 1.27 bits per heavy atom. The first-order valence-electron chi connectivity index (χ1n) is 3.46. The Hall–Kier alpha value is -1.22. The third-order valence-corrected chi connectivity index (χ3v) is 2.12. The van der Waals surface area contributed by atoms with Gasteiger partial charge in [-0.05, 0) is 18.2 Å². The van der Waals surface area contributed by atoms with Gasteiger partial charge in [0.25, 0.3) is 0 Å². The van der Waals surface area contributed by atoms with E-state index in [4.69, 9.17) is 14.2 Å². The highest BCUT2D eigenvalue weighted by molar-refractivity contribution is 5.46. The van der Waals surface area contributed by atoms with Crippen molar-refractivity contribution in [2.75, 3.05) is 6.79 Å². The van der Waals surface area contributed by atoms with Gasteiger partial charge in [-0.25, -0.2) is 0 Å². The minimum Gasteiger partial charge on any atom is -0.468 e. The van der Waals surface area contributed by atoms with Crippen LogP contribution in [0, 0.1) is 0 Å². The van der Waals surface area contributed by atoms with Crippen molar-refractivity contribution in [2.24, 2.45) is 0 Å². The second-order valence-corrected chi connectivity index (χ2v) is 2.62. The first-order chi connectivity index (χ1) is 5.42. The van der Waals surface area contributed by atoms with Gasteiger partial charge in [-0.3, -0.25) is 0 Å². The van der Waals surface area contributed by atoms with Crippen LogP contribution in [0.5, 0.6) is 0 Å². The zero-order chi connectivity index (χ0) is 7.31. The molecular weight excluding hydrogens is 144 g/mol. The van der Waals surface area contributed by atoms with Gasteiger partial charge in [0.05, 0.1) is 6.26 Å². The third-order valence-electron chi connectivity index (χ3n) is 2.12. The summed E-state index contributed by atoms with van der Waals surface area (Å²) in [4.78, 5) is 0. The standard InChI is InChI=1S/C8H6O3/c1-2-7-8(11-5-10-7)3-4-9-6(1)8/h1-4H,5H2. The van der Waals surface area contributed by atoms with E-state index in [1.807, 2.05) is 18.2 Å². The Morgan fingerprint density at radius 3 is 3.18 bits per heavy atom. The van der Waals surface area contributed by atoms with Crippen molar-refractivity contribution in [1.82, 2.24) is 0 Å². The molecule has 0 aromatic heterocycles. The lowest BCUT2D eigenvalue weighted by molar-refractivity contribution is 0.0230. The van der Waals surface area contributed by atoms with Crippen LogP contribution in [0.15, 0.2) is 36.0 Å². The molecule has 3 heteroatoms. The fourth-order valence-corrected chi connectivity index (χ4v) is 1.55. The van der Waals surface area contributed by atoms with Crippen molar-refractivity contribution in [2.45, 2.75) is 5.60 Å². The Morgan fingerprint density at radius 2 is 2.18 bits per heavy atom. The molecule has 0 bridgehead atoms. The molecule has 1 spiro atoms. The van der Waals surface area contributed by atoms with Gasteiger partial charge in [0, 0.05) is 0 Å². The molecule has 0 saturated carbocycles. The highest BCUT2D eigenvalue weighted by Crippen LogP contribution is 2.44. The van der Waals surface area contributed by atoms with E-state index in [2.05, 4.69) is 0 Å². The molecule has 0 N–H and O–H groups in total. The first kappa shape index (κ1) is 5.43. The van der Waals surface area contributed by atoms with Crippen LogP contribution in [0.1, 0.15) is 0 Å². The molecule has 0 aromatic carbocycles. The van der Waals surface area contributed by atoms with E-state index in [9.17, 15) is 0 Å². The Balaban J connectivity index is 2.19. The van der Waals surface area contributed by atoms with Crippen LogP contribution in [0.25, 0.3) is 0 Å². The summed E-state index contributed by atoms with van der Waals surface area (Å²) in [6.45, 7) is 0.316. The summed E-state index contributed by atoms with van der Waals surface area (Å²) in [6, 6.07) is 0. The van der Waals surface area contributed by atoms with Crippen molar-refractivity contribution < 1.29 is 14.2 Å². The summed E-state index contributed by atoms with van der Waals surface area (Å²) < 4.78 is 15.9. The predicted octanol–water partition coefficient (Wildman–Crippen LogP) is 1.05. The van der Waals surface area contributed by atoms with Gasteiger partial charge in [0.1, 0.15) is 11.5 Å². The molecule has 0 aromatic rings. The van der Waals surface area contributed by atoms with Crippen LogP contribution in [0.3, 0.4) is 0 Å². The van der Waals surface area contributed by atoms with Crippen molar-refractivity contribution >= 4 is 0 Å². The molecular formula is C8H6O3. The molecule has 3 aliphatic rings. The molecule has 1 saturated heterocycles. The highest BCUT2D eigenvalue weighted by Gasteiger charge is 2.50. The van der Waals surface area contributed by atoms with E-state index in [-0.39, 0.29) is 0 Å². The van der Waals surface area contributed by atoms with E-state index in [1.54, 1.807) is 6.26 Å². The summed E-state index contributed by atoms with van der Waals surface area (Å²) in [6.07, 6.45) is 7.25. The van der Waals surface area contributed by atoms with E-state index in [0.717, 1.165) is 11.5 Å². The fourth-order valence-electron chi connectivity index (χ4n) is 1.55. The van der Waals surface area contributed by atoms with E-state index in [1.165, 1.54) is 0 Å². The normalized spacial score (nSPS) is 37.1. The van der Waals surface area contributed by atoms with Crippen LogP contribution in [-0.2, 0) is 14.2 Å². The minimum absolute atomic E-state index is 0.316. The van der Waals surface area contributed by atoms with Crippen LogP contribution < -0.4 is 0 Å². The van der Waals surface area contributed by atoms with E-state index in [0.29, 0.717) is 6.79 Å². The van der Waals surface area contributed by atoms with Crippen LogP contribution in [0.4, 0.5) is 0 Å². The van der Waals surface area contributed by atoms with E-state index >= 15 is 0 Å². The zero-order valence-corrected chi connectivity index (χ0v) is 5.74. The summed E-state index contributed by atoms with van der Waals surface area (Å²) in [5.74, 6) is 1.64. The summed E-state index contributed by atoms with van der Waals surface area (Å²) >= 11 is 0. The molecule has 2 heterocycles. The van der Waals surface area contributed by atoms with Gasteiger partial charge in [-0.15, -0.1) is 0 Å². The van der Waals surface area contributed by atoms with Gasteiger partial charge in [0.2, 0.25) is 5.60 Å². The molecule has 3 nitrogen and oxygen atoms in total. The van der Waals surface area contributed by atoms with Crippen molar-refractivity contribution in [1.29, 1.82) is 0 Å². The average molecular weight is 150 g/mol. The minimum atomic E-state index is -0.486. The molecule has 56 valence electrons. The SMILES string of the molecule is C1=CC23OCOC2=CC=C3O1. The molecule has 2 aliphatic heterocycles. The first-order valence-corrected chi connectivity index (χ1v) is 3.46. The molecule has 3 rings (SSSR count). The molecule has 1 fully saturated rings. The van der Waals surface area contributed by atoms with Crippen LogP contribution in [-0.4, -0.2) is 12.4 Å². The summed E-state index contributed by atoms with van der Waals surface area (Å²) in [7, 11) is 0. The number of hydrogen-bond donors (Lipinski definition) is 0. The van der Waals surface area contributed by atoms with Crippen molar-refractivity contribution in [3.05, 3.63) is 36.0 Å². The molecule has 0 amide bonds. The maximum Gasteiger partial charge on any atom is 0.207 e. The maximum absolute atomic E-state index is 5.42. The molecule has 1 atom stereocenters. The van der Waals surface area contributed by atoms with Crippen molar-refractivity contribution in [3.8, 4) is 0 Å². The Labute approximate surface area is 63.5 Å². The van der Waals surface area contributed by atoms with E-state index < -0.39 is 5.60 Å². The zero-order valence-electron chi connectivity index (χ0n) is 5.74. The van der Waals surface area contributed by atoms with Gasteiger partial charge < -0.3 is 14.2 Å². The number of allylic oxidation sites excluding steroid dienone is 2. The van der Waals surface area contributed by atoms with Gasteiger partial charge in [-0.2, -0.15) is 0 Å². The smallest absolute Gasteiger partial charge is 0.207 e. The Bertz CT molecular complexity index is 300. The number of ether oxygens (including phenoxy) is 3. The van der Waals surface area contributed by atoms with Crippen molar-refractivity contribution in [3.63, 3.8) is 0 Å². The number of hydrogen-bond acceptors (Lipinski definition) is 3. The van der Waals surface area contributed by atoms with Gasteiger partial charge in [-0.1, -0.05) is 0 Å². The molecule has 0 radical (unpaired) electrons. The number of rotatable bonds is 0. The third kappa shape index (κ3) is 0.455. The summed E-state index contributed by atoms with van der Waals surface area (Å²) in [5, 5.41) is 0. The second-order valence-electron chi connectivity index (χ2n) is 2.62. The molecule has 1 unspecified atom stereocenters.